The quantitative estimate of drug-likeness (QED) is 0.772. The number of ether oxygens (including phenoxy) is 2. The van der Waals surface area contributed by atoms with Crippen molar-refractivity contribution in [1.82, 2.24) is 10.2 Å². The minimum Gasteiger partial charge on any atom is -0.458 e. The van der Waals surface area contributed by atoms with Gasteiger partial charge < -0.3 is 14.8 Å². The highest BCUT2D eigenvalue weighted by atomic mass is 16.6. The molecular weight excluding hydrogens is 360 g/mol. The second-order valence-corrected chi connectivity index (χ2v) is 6.43. The molecule has 1 unspecified atom stereocenters. The molecule has 3 rings (SSSR count). The summed E-state index contributed by atoms with van der Waals surface area (Å²) in [5, 5.41) is 2.64. The summed E-state index contributed by atoms with van der Waals surface area (Å²) in [5.41, 5.74) is 1.68. The number of carbonyl (C=O) groups is 3. The van der Waals surface area contributed by atoms with E-state index in [-0.39, 0.29) is 25.5 Å². The molecule has 0 saturated carbocycles. The number of hydrogen-bond acceptors (Lipinski definition) is 5. The molecule has 7 heteroatoms. The molecule has 7 nitrogen and oxygen atoms in total. The molecule has 146 valence electrons. The number of nitrogens with one attached hydrogen (secondary N) is 1. The van der Waals surface area contributed by atoms with Crippen LogP contribution in [-0.2, 0) is 32.1 Å². The van der Waals surface area contributed by atoms with Gasteiger partial charge in [-0.3, -0.25) is 9.69 Å². The lowest BCUT2D eigenvalue weighted by Gasteiger charge is -2.27. The molecule has 1 atom stereocenters. The van der Waals surface area contributed by atoms with Crippen molar-refractivity contribution in [2.24, 2.45) is 0 Å². The average Bonchev–Trinajstić information content (AvgIpc) is 2.73. The summed E-state index contributed by atoms with van der Waals surface area (Å²) >= 11 is 0. The molecule has 1 N–H and O–H groups in total. The highest BCUT2D eigenvalue weighted by Crippen LogP contribution is 2.12. The van der Waals surface area contributed by atoms with Gasteiger partial charge in [0, 0.05) is 19.5 Å². The number of amides is 2. The van der Waals surface area contributed by atoms with Crippen LogP contribution in [0, 0.1) is 0 Å². The van der Waals surface area contributed by atoms with Crippen LogP contribution in [0.5, 0.6) is 0 Å². The molecule has 1 saturated heterocycles. The van der Waals surface area contributed by atoms with Gasteiger partial charge >= 0.3 is 12.1 Å². The number of esters is 1. The SMILES string of the molecule is O=C1CN(C(=O)OC(Cc2ccccc2)C(=O)OCc2ccccc2)CCN1. The third-order valence-electron chi connectivity index (χ3n) is 4.29. The summed E-state index contributed by atoms with van der Waals surface area (Å²) in [4.78, 5) is 37.8. The predicted octanol–water partition coefficient (Wildman–Crippen LogP) is 1.91. The highest BCUT2D eigenvalue weighted by molar-refractivity contribution is 5.84. The van der Waals surface area contributed by atoms with Crippen molar-refractivity contribution >= 4 is 18.0 Å². The molecule has 1 aliphatic rings. The van der Waals surface area contributed by atoms with Crippen LogP contribution in [0.3, 0.4) is 0 Å². The van der Waals surface area contributed by atoms with Crippen LogP contribution >= 0.6 is 0 Å². The predicted molar refractivity (Wildman–Crippen MR) is 101 cm³/mol. The molecule has 0 spiro atoms. The average molecular weight is 382 g/mol. The largest absolute Gasteiger partial charge is 0.458 e. The van der Waals surface area contributed by atoms with Crippen LogP contribution in [-0.4, -0.2) is 48.6 Å². The molecule has 0 radical (unpaired) electrons. The van der Waals surface area contributed by atoms with Crippen molar-refractivity contribution in [1.29, 1.82) is 0 Å². The lowest BCUT2D eigenvalue weighted by atomic mass is 10.1. The number of hydrogen-bond donors (Lipinski definition) is 1. The summed E-state index contributed by atoms with van der Waals surface area (Å²) in [6, 6.07) is 18.5. The maximum Gasteiger partial charge on any atom is 0.411 e. The fourth-order valence-corrected chi connectivity index (χ4v) is 2.81. The van der Waals surface area contributed by atoms with E-state index in [1.165, 1.54) is 4.90 Å². The van der Waals surface area contributed by atoms with Gasteiger partial charge in [0.25, 0.3) is 0 Å². The van der Waals surface area contributed by atoms with E-state index in [2.05, 4.69) is 5.32 Å². The smallest absolute Gasteiger partial charge is 0.411 e. The van der Waals surface area contributed by atoms with E-state index in [4.69, 9.17) is 9.47 Å². The summed E-state index contributed by atoms with van der Waals surface area (Å²) in [7, 11) is 0. The van der Waals surface area contributed by atoms with E-state index in [1.54, 1.807) is 0 Å². The topological polar surface area (TPSA) is 84.9 Å². The fraction of sp³-hybridized carbons (Fsp3) is 0.286. The Morgan fingerprint density at radius 2 is 1.64 bits per heavy atom. The first kappa shape index (κ1) is 19.4. The lowest BCUT2D eigenvalue weighted by Crippen LogP contribution is -2.51. The molecule has 2 aromatic rings. The van der Waals surface area contributed by atoms with Crippen LogP contribution in [0.25, 0.3) is 0 Å². The van der Waals surface area contributed by atoms with Gasteiger partial charge in [-0.05, 0) is 11.1 Å². The zero-order chi connectivity index (χ0) is 19.8. The molecule has 0 bridgehead atoms. The summed E-state index contributed by atoms with van der Waals surface area (Å²) in [5.74, 6) is -0.878. The molecule has 0 aliphatic carbocycles. The second kappa shape index (κ2) is 9.55. The Hall–Kier alpha value is -3.35. The van der Waals surface area contributed by atoms with Gasteiger partial charge in [-0.25, -0.2) is 9.59 Å². The molecular formula is C21H22N2O5. The zero-order valence-electron chi connectivity index (χ0n) is 15.4. The van der Waals surface area contributed by atoms with Gasteiger partial charge in [-0.15, -0.1) is 0 Å². The Morgan fingerprint density at radius 1 is 1.00 bits per heavy atom. The molecule has 1 heterocycles. The van der Waals surface area contributed by atoms with Crippen LogP contribution in [0.1, 0.15) is 11.1 Å². The van der Waals surface area contributed by atoms with Crippen molar-refractivity contribution < 1.29 is 23.9 Å². The highest BCUT2D eigenvalue weighted by Gasteiger charge is 2.29. The van der Waals surface area contributed by atoms with Crippen LogP contribution in [0.2, 0.25) is 0 Å². The summed E-state index contributed by atoms with van der Waals surface area (Å²) in [6.07, 6.45) is -1.60. The van der Waals surface area contributed by atoms with Crippen molar-refractivity contribution in [3.63, 3.8) is 0 Å². The summed E-state index contributed by atoms with van der Waals surface area (Å²) in [6.45, 7) is 0.696. The van der Waals surface area contributed by atoms with Crippen molar-refractivity contribution in [3.8, 4) is 0 Å². The van der Waals surface area contributed by atoms with Crippen molar-refractivity contribution in [2.75, 3.05) is 19.6 Å². The number of nitrogens with zero attached hydrogens (tertiary/aromatic N) is 1. The molecule has 1 fully saturated rings. The van der Waals surface area contributed by atoms with Crippen molar-refractivity contribution in [2.45, 2.75) is 19.1 Å². The number of carbonyl (C=O) groups excluding carboxylic acids is 3. The molecule has 2 amide bonds. The maximum absolute atomic E-state index is 12.6. The van der Waals surface area contributed by atoms with Crippen molar-refractivity contribution in [3.05, 3.63) is 71.8 Å². The first-order chi connectivity index (χ1) is 13.6. The van der Waals surface area contributed by atoms with Gasteiger partial charge in [0.2, 0.25) is 12.0 Å². The maximum atomic E-state index is 12.6. The third kappa shape index (κ3) is 5.57. The Kier molecular flexibility index (Phi) is 6.62. The zero-order valence-corrected chi connectivity index (χ0v) is 15.4. The van der Waals surface area contributed by atoms with Crippen LogP contribution < -0.4 is 5.32 Å². The van der Waals surface area contributed by atoms with E-state index in [0.717, 1.165) is 11.1 Å². The minimum atomic E-state index is -1.09. The Bertz CT molecular complexity index is 810. The van der Waals surface area contributed by atoms with Gasteiger partial charge in [-0.1, -0.05) is 60.7 Å². The number of piperazine rings is 1. The van der Waals surface area contributed by atoms with E-state index in [1.807, 2.05) is 60.7 Å². The van der Waals surface area contributed by atoms with E-state index in [9.17, 15) is 14.4 Å². The van der Waals surface area contributed by atoms with Gasteiger partial charge in [0.05, 0.1) is 0 Å². The normalized spacial score (nSPS) is 14.7. The number of benzene rings is 2. The lowest BCUT2D eigenvalue weighted by molar-refractivity contribution is -0.155. The Balaban J connectivity index is 1.66. The molecule has 1 aliphatic heterocycles. The van der Waals surface area contributed by atoms with Gasteiger partial charge in [-0.2, -0.15) is 0 Å². The molecule has 28 heavy (non-hydrogen) atoms. The first-order valence-corrected chi connectivity index (χ1v) is 9.08. The second-order valence-electron chi connectivity index (χ2n) is 6.43. The van der Waals surface area contributed by atoms with Gasteiger partial charge in [0.15, 0.2) is 0 Å². The molecule has 2 aromatic carbocycles. The standard InChI is InChI=1S/C21H22N2O5/c24-19-14-23(12-11-22-19)21(26)28-18(13-16-7-3-1-4-8-16)20(25)27-15-17-9-5-2-6-10-17/h1-10,18H,11-15H2,(H,22,24). The minimum absolute atomic E-state index is 0.0873. The number of rotatable bonds is 6. The monoisotopic (exact) mass is 382 g/mol. The van der Waals surface area contributed by atoms with Crippen LogP contribution in [0.15, 0.2) is 60.7 Å². The third-order valence-corrected chi connectivity index (χ3v) is 4.29. The van der Waals surface area contributed by atoms with Crippen LogP contribution in [0.4, 0.5) is 4.79 Å². The summed E-state index contributed by atoms with van der Waals surface area (Å²) < 4.78 is 10.8. The first-order valence-electron chi connectivity index (χ1n) is 9.08. The van der Waals surface area contributed by atoms with E-state index < -0.39 is 18.2 Å². The van der Waals surface area contributed by atoms with E-state index in [0.29, 0.717) is 13.1 Å². The Labute approximate surface area is 163 Å². The molecule has 0 aromatic heterocycles. The Morgan fingerprint density at radius 3 is 2.29 bits per heavy atom. The fourth-order valence-electron chi connectivity index (χ4n) is 2.81. The van der Waals surface area contributed by atoms with Gasteiger partial charge in [0.1, 0.15) is 13.2 Å². The van der Waals surface area contributed by atoms with E-state index >= 15 is 0 Å².